The lowest BCUT2D eigenvalue weighted by molar-refractivity contribution is 0.204. The Balaban J connectivity index is 2.25. The molecule has 0 saturated carbocycles. The summed E-state index contributed by atoms with van der Waals surface area (Å²) in [5, 5.41) is 2.96. The Morgan fingerprint density at radius 1 is 1.43 bits per heavy atom. The van der Waals surface area contributed by atoms with Gasteiger partial charge in [0.1, 0.15) is 0 Å². The summed E-state index contributed by atoms with van der Waals surface area (Å²) in [6.07, 6.45) is 3.10. The number of nitrogens with one attached hydrogen (secondary N) is 1. The zero-order valence-corrected chi connectivity index (χ0v) is 9.12. The van der Waals surface area contributed by atoms with Crippen LogP contribution in [-0.2, 0) is 0 Å². The van der Waals surface area contributed by atoms with E-state index >= 15 is 0 Å². The molecule has 2 unspecified atom stereocenters. The van der Waals surface area contributed by atoms with E-state index in [9.17, 15) is 4.79 Å². The number of hydrogen-bond acceptors (Lipinski definition) is 2. The maximum atomic E-state index is 11.6. The number of rotatable bonds is 3. The molecule has 4 heteroatoms. The van der Waals surface area contributed by atoms with E-state index in [1.165, 1.54) is 0 Å². The number of carbonyl (C=O) groups is 1. The van der Waals surface area contributed by atoms with Gasteiger partial charge in [0, 0.05) is 25.2 Å². The van der Waals surface area contributed by atoms with Gasteiger partial charge < -0.3 is 16.0 Å². The molecule has 0 radical (unpaired) electrons. The predicted octanol–water partition coefficient (Wildman–Crippen LogP) is 0.918. The van der Waals surface area contributed by atoms with Crippen molar-refractivity contribution in [3.8, 4) is 0 Å². The minimum atomic E-state index is 0.0654. The van der Waals surface area contributed by atoms with Gasteiger partial charge in [0.15, 0.2) is 0 Å². The van der Waals surface area contributed by atoms with E-state index in [-0.39, 0.29) is 18.1 Å². The molecule has 1 fully saturated rings. The molecule has 0 aromatic heterocycles. The number of urea groups is 1. The van der Waals surface area contributed by atoms with Crippen molar-refractivity contribution in [1.82, 2.24) is 10.2 Å². The lowest BCUT2D eigenvalue weighted by atomic mass is 10.1. The molecule has 0 bridgehead atoms. The van der Waals surface area contributed by atoms with Crippen LogP contribution in [0.3, 0.4) is 0 Å². The third-order valence-corrected chi connectivity index (χ3v) is 2.49. The van der Waals surface area contributed by atoms with Gasteiger partial charge in [0.05, 0.1) is 0 Å². The second-order valence-electron chi connectivity index (χ2n) is 4.26. The van der Waals surface area contributed by atoms with Crippen LogP contribution in [0.25, 0.3) is 0 Å². The monoisotopic (exact) mass is 199 g/mol. The SMILES string of the molecule is CC(N)CC(C)NC(=O)N1CCCC1. The van der Waals surface area contributed by atoms with E-state index < -0.39 is 0 Å². The Bertz CT molecular complexity index is 188. The number of hydrogen-bond donors (Lipinski definition) is 2. The Hall–Kier alpha value is -0.770. The average molecular weight is 199 g/mol. The van der Waals surface area contributed by atoms with Crippen LogP contribution in [0.15, 0.2) is 0 Å². The van der Waals surface area contributed by atoms with Gasteiger partial charge in [-0.2, -0.15) is 0 Å². The number of amides is 2. The molecule has 0 aromatic carbocycles. The highest BCUT2D eigenvalue weighted by Gasteiger charge is 2.19. The van der Waals surface area contributed by atoms with E-state index in [2.05, 4.69) is 5.32 Å². The summed E-state index contributed by atoms with van der Waals surface area (Å²) in [4.78, 5) is 13.5. The van der Waals surface area contributed by atoms with Gasteiger partial charge in [-0.3, -0.25) is 0 Å². The molecule has 1 saturated heterocycles. The first-order valence-electron chi connectivity index (χ1n) is 5.40. The third-order valence-electron chi connectivity index (χ3n) is 2.49. The van der Waals surface area contributed by atoms with Crippen LogP contribution in [-0.4, -0.2) is 36.1 Å². The van der Waals surface area contributed by atoms with Crippen LogP contribution >= 0.6 is 0 Å². The van der Waals surface area contributed by atoms with Crippen LogP contribution in [0.5, 0.6) is 0 Å². The highest BCUT2D eigenvalue weighted by molar-refractivity contribution is 5.74. The molecule has 1 rings (SSSR count). The molecule has 3 N–H and O–H groups in total. The summed E-state index contributed by atoms with van der Waals surface area (Å²) in [5.74, 6) is 0. The standard InChI is InChI=1S/C10H21N3O/c1-8(11)7-9(2)12-10(14)13-5-3-4-6-13/h8-9H,3-7,11H2,1-2H3,(H,12,14). The summed E-state index contributed by atoms with van der Waals surface area (Å²) >= 11 is 0. The highest BCUT2D eigenvalue weighted by Crippen LogP contribution is 2.07. The van der Waals surface area contributed by atoms with E-state index in [1.54, 1.807) is 0 Å². The van der Waals surface area contributed by atoms with Gasteiger partial charge in [-0.15, -0.1) is 0 Å². The minimum absolute atomic E-state index is 0.0654. The van der Waals surface area contributed by atoms with Crippen LogP contribution in [0, 0.1) is 0 Å². The summed E-state index contributed by atoms with van der Waals surface area (Å²) in [5.41, 5.74) is 5.66. The molecule has 0 spiro atoms. The summed E-state index contributed by atoms with van der Waals surface area (Å²) in [6, 6.07) is 0.377. The molecule has 1 aliphatic heterocycles. The highest BCUT2D eigenvalue weighted by atomic mass is 16.2. The van der Waals surface area contributed by atoms with E-state index in [0.717, 1.165) is 32.4 Å². The van der Waals surface area contributed by atoms with Crippen molar-refractivity contribution < 1.29 is 4.79 Å². The number of nitrogens with zero attached hydrogens (tertiary/aromatic N) is 1. The first kappa shape index (κ1) is 11.3. The molecular formula is C10H21N3O. The molecule has 82 valence electrons. The van der Waals surface area contributed by atoms with Crippen molar-refractivity contribution in [2.45, 2.75) is 45.2 Å². The van der Waals surface area contributed by atoms with Crippen LogP contribution in [0.2, 0.25) is 0 Å². The van der Waals surface area contributed by atoms with Crippen molar-refractivity contribution in [3.63, 3.8) is 0 Å². The van der Waals surface area contributed by atoms with Gasteiger partial charge in [0.2, 0.25) is 0 Å². The topological polar surface area (TPSA) is 58.4 Å². The molecule has 4 nitrogen and oxygen atoms in total. The van der Waals surface area contributed by atoms with Crippen molar-refractivity contribution in [2.75, 3.05) is 13.1 Å². The second-order valence-corrected chi connectivity index (χ2v) is 4.26. The van der Waals surface area contributed by atoms with Gasteiger partial charge in [-0.25, -0.2) is 4.79 Å². The first-order valence-corrected chi connectivity index (χ1v) is 5.40. The third kappa shape index (κ3) is 3.54. The quantitative estimate of drug-likeness (QED) is 0.710. The van der Waals surface area contributed by atoms with E-state index in [4.69, 9.17) is 5.73 Å². The van der Waals surface area contributed by atoms with Crippen LogP contribution in [0.4, 0.5) is 4.79 Å². The smallest absolute Gasteiger partial charge is 0.317 e. The molecule has 1 heterocycles. The normalized spacial score (nSPS) is 20.6. The summed E-state index contributed by atoms with van der Waals surface area (Å²) in [7, 11) is 0. The largest absolute Gasteiger partial charge is 0.335 e. The van der Waals surface area contributed by atoms with Crippen molar-refractivity contribution in [2.24, 2.45) is 5.73 Å². The van der Waals surface area contributed by atoms with Crippen LogP contribution in [0.1, 0.15) is 33.1 Å². The Morgan fingerprint density at radius 2 is 2.00 bits per heavy atom. The zero-order valence-electron chi connectivity index (χ0n) is 9.12. The van der Waals surface area contributed by atoms with E-state index in [1.807, 2.05) is 18.7 Å². The molecule has 2 atom stereocenters. The zero-order chi connectivity index (χ0) is 10.6. The predicted molar refractivity (Wildman–Crippen MR) is 57.1 cm³/mol. The van der Waals surface area contributed by atoms with Crippen molar-refractivity contribution in [1.29, 1.82) is 0 Å². The van der Waals surface area contributed by atoms with Crippen molar-refractivity contribution >= 4 is 6.03 Å². The van der Waals surface area contributed by atoms with Crippen LogP contribution < -0.4 is 11.1 Å². The van der Waals surface area contributed by atoms with Crippen molar-refractivity contribution in [3.05, 3.63) is 0 Å². The summed E-state index contributed by atoms with van der Waals surface area (Å²) in [6.45, 7) is 5.75. The van der Waals surface area contributed by atoms with E-state index in [0.29, 0.717) is 0 Å². The van der Waals surface area contributed by atoms with Gasteiger partial charge in [-0.1, -0.05) is 0 Å². The maximum Gasteiger partial charge on any atom is 0.317 e. The van der Waals surface area contributed by atoms with Gasteiger partial charge in [-0.05, 0) is 33.1 Å². The lowest BCUT2D eigenvalue weighted by Gasteiger charge is -2.21. The fraction of sp³-hybridized carbons (Fsp3) is 0.900. The average Bonchev–Trinajstić information content (AvgIpc) is 2.53. The molecule has 0 aliphatic carbocycles. The second kappa shape index (κ2) is 5.20. The minimum Gasteiger partial charge on any atom is -0.335 e. The molecule has 2 amide bonds. The molecule has 0 aromatic rings. The Labute approximate surface area is 85.8 Å². The molecule has 14 heavy (non-hydrogen) atoms. The molecular weight excluding hydrogens is 178 g/mol. The van der Waals surface area contributed by atoms with Gasteiger partial charge in [0.25, 0.3) is 0 Å². The Morgan fingerprint density at radius 3 is 2.50 bits per heavy atom. The number of carbonyl (C=O) groups excluding carboxylic acids is 1. The number of nitrogens with two attached hydrogens (primary N) is 1. The maximum absolute atomic E-state index is 11.6. The Kier molecular flexibility index (Phi) is 4.20. The first-order chi connectivity index (χ1) is 6.59. The summed E-state index contributed by atoms with van der Waals surface area (Å²) < 4.78 is 0. The fourth-order valence-corrected chi connectivity index (χ4v) is 1.84. The van der Waals surface area contributed by atoms with Gasteiger partial charge >= 0.3 is 6.03 Å². The lowest BCUT2D eigenvalue weighted by Crippen LogP contribution is -2.44. The molecule has 1 aliphatic rings. The fourth-order valence-electron chi connectivity index (χ4n) is 1.84. The number of likely N-dealkylation sites (tertiary alicyclic amines) is 1.